The van der Waals surface area contributed by atoms with E-state index in [9.17, 15) is 14.0 Å². The van der Waals surface area contributed by atoms with E-state index in [0.29, 0.717) is 32.4 Å². The van der Waals surface area contributed by atoms with Crippen molar-refractivity contribution in [1.29, 1.82) is 0 Å². The van der Waals surface area contributed by atoms with Gasteiger partial charge in [-0.05, 0) is 55.5 Å². The number of hydrogen-bond donors (Lipinski definition) is 1. The summed E-state index contributed by atoms with van der Waals surface area (Å²) in [5, 5.41) is 3.06. The highest BCUT2D eigenvalue weighted by molar-refractivity contribution is 5.86. The largest absolute Gasteiger partial charge is 0.353 e. The molecule has 0 unspecified atom stereocenters. The van der Waals surface area contributed by atoms with Crippen LogP contribution in [0.1, 0.15) is 39.2 Å². The number of amides is 2. The molecule has 154 valence electrons. The average molecular weight is 397 g/mol. The van der Waals surface area contributed by atoms with E-state index >= 15 is 0 Å². The second-order valence-electron chi connectivity index (χ2n) is 8.21. The van der Waals surface area contributed by atoms with Gasteiger partial charge in [0.2, 0.25) is 11.8 Å². The normalized spacial score (nSPS) is 18.9. The molecule has 0 saturated carbocycles. The standard InChI is InChI=1S/C24H29FN2O2/c1-4-22(28)27-13-12-24(16-27,23(29)26-17(2)3)15-18-6-5-7-20(14-18)19-8-10-21(25)11-9-19/h5-11,14,17H,4,12-13,15-16H2,1-3H3,(H,26,29)/t24-/m0/s1. The fourth-order valence-electron chi connectivity index (χ4n) is 4.03. The summed E-state index contributed by atoms with van der Waals surface area (Å²) in [6.07, 6.45) is 1.66. The zero-order valence-corrected chi connectivity index (χ0v) is 17.4. The van der Waals surface area contributed by atoms with Crippen molar-refractivity contribution >= 4 is 11.8 Å². The fraction of sp³-hybridized carbons (Fsp3) is 0.417. The lowest BCUT2D eigenvalue weighted by molar-refractivity contribution is -0.133. The molecule has 1 N–H and O–H groups in total. The number of nitrogens with zero attached hydrogens (tertiary/aromatic N) is 1. The molecule has 1 saturated heterocycles. The van der Waals surface area contributed by atoms with Crippen molar-refractivity contribution in [2.45, 2.75) is 46.1 Å². The van der Waals surface area contributed by atoms with Gasteiger partial charge in [-0.3, -0.25) is 9.59 Å². The smallest absolute Gasteiger partial charge is 0.228 e. The number of rotatable bonds is 6. The molecule has 0 radical (unpaired) electrons. The van der Waals surface area contributed by atoms with Gasteiger partial charge in [0.15, 0.2) is 0 Å². The first kappa shape index (κ1) is 21.0. The second kappa shape index (κ2) is 8.76. The third-order valence-electron chi connectivity index (χ3n) is 5.56. The molecule has 3 rings (SSSR count). The minimum atomic E-state index is -0.628. The van der Waals surface area contributed by atoms with Crippen LogP contribution in [0.4, 0.5) is 4.39 Å². The third-order valence-corrected chi connectivity index (χ3v) is 5.56. The number of benzene rings is 2. The molecule has 0 aromatic heterocycles. The van der Waals surface area contributed by atoms with Crippen molar-refractivity contribution < 1.29 is 14.0 Å². The Balaban J connectivity index is 1.88. The van der Waals surface area contributed by atoms with Crippen LogP contribution < -0.4 is 5.32 Å². The maximum Gasteiger partial charge on any atom is 0.228 e. The fourth-order valence-corrected chi connectivity index (χ4v) is 4.03. The van der Waals surface area contributed by atoms with Crippen molar-refractivity contribution in [2.24, 2.45) is 5.41 Å². The first-order valence-electron chi connectivity index (χ1n) is 10.3. The predicted octanol–water partition coefficient (Wildman–Crippen LogP) is 4.19. The van der Waals surface area contributed by atoms with Gasteiger partial charge >= 0.3 is 0 Å². The van der Waals surface area contributed by atoms with Crippen LogP contribution in [0.5, 0.6) is 0 Å². The first-order valence-corrected chi connectivity index (χ1v) is 10.3. The van der Waals surface area contributed by atoms with Crippen LogP contribution in [0, 0.1) is 11.2 Å². The van der Waals surface area contributed by atoms with E-state index < -0.39 is 5.41 Å². The molecule has 2 aromatic carbocycles. The van der Waals surface area contributed by atoms with Gasteiger partial charge in [0.1, 0.15) is 5.82 Å². The topological polar surface area (TPSA) is 49.4 Å². The molecule has 1 aliphatic heterocycles. The first-order chi connectivity index (χ1) is 13.8. The number of hydrogen-bond acceptors (Lipinski definition) is 2. The Morgan fingerprint density at radius 2 is 1.86 bits per heavy atom. The number of halogens is 1. The number of nitrogens with one attached hydrogen (secondary N) is 1. The molecule has 0 aliphatic carbocycles. The molecule has 1 aliphatic rings. The summed E-state index contributed by atoms with van der Waals surface area (Å²) in [7, 11) is 0. The van der Waals surface area contributed by atoms with Crippen molar-refractivity contribution in [1.82, 2.24) is 10.2 Å². The summed E-state index contributed by atoms with van der Waals surface area (Å²) in [5.41, 5.74) is 2.33. The Morgan fingerprint density at radius 1 is 1.14 bits per heavy atom. The second-order valence-corrected chi connectivity index (χ2v) is 8.21. The van der Waals surface area contributed by atoms with Crippen LogP contribution in [0.3, 0.4) is 0 Å². The molecule has 29 heavy (non-hydrogen) atoms. The van der Waals surface area contributed by atoms with E-state index in [-0.39, 0.29) is 23.7 Å². The van der Waals surface area contributed by atoms with Gasteiger partial charge in [0.05, 0.1) is 5.41 Å². The summed E-state index contributed by atoms with van der Waals surface area (Å²) < 4.78 is 13.3. The molecule has 1 atom stereocenters. The molecule has 1 heterocycles. The van der Waals surface area contributed by atoms with Gasteiger partial charge < -0.3 is 10.2 Å². The van der Waals surface area contributed by atoms with Crippen LogP contribution in [0.15, 0.2) is 48.5 Å². The van der Waals surface area contributed by atoms with E-state index in [1.54, 1.807) is 12.1 Å². The summed E-state index contributed by atoms with van der Waals surface area (Å²) in [5.74, 6) is -0.170. The highest BCUT2D eigenvalue weighted by atomic mass is 19.1. The molecule has 2 aromatic rings. The summed E-state index contributed by atoms with van der Waals surface area (Å²) in [6.45, 7) is 6.80. The van der Waals surface area contributed by atoms with Crippen LogP contribution in [0.2, 0.25) is 0 Å². The molecular formula is C24H29FN2O2. The number of carbonyl (C=O) groups excluding carboxylic acids is 2. The van der Waals surface area contributed by atoms with Crippen LogP contribution in [0.25, 0.3) is 11.1 Å². The monoisotopic (exact) mass is 396 g/mol. The zero-order chi connectivity index (χ0) is 21.0. The molecule has 2 amide bonds. The molecule has 4 nitrogen and oxygen atoms in total. The Hall–Kier alpha value is -2.69. The van der Waals surface area contributed by atoms with E-state index in [0.717, 1.165) is 16.7 Å². The minimum Gasteiger partial charge on any atom is -0.353 e. The van der Waals surface area contributed by atoms with Crippen molar-refractivity contribution in [3.63, 3.8) is 0 Å². The Morgan fingerprint density at radius 3 is 2.52 bits per heavy atom. The van der Waals surface area contributed by atoms with Crippen LogP contribution in [-0.4, -0.2) is 35.8 Å². The quantitative estimate of drug-likeness (QED) is 0.796. The molecule has 5 heteroatoms. The predicted molar refractivity (Wildman–Crippen MR) is 113 cm³/mol. The third kappa shape index (κ3) is 4.84. The van der Waals surface area contributed by atoms with Crippen LogP contribution >= 0.6 is 0 Å². The Kier molecular flexibility index (Phi) is 6.36. The van der Waals surface area contributed by atoms with Gasteiger partial charge in [0, 0.05) is 25.6 Å². The lowest BCUT2D eigenvalue weighted by Crippen LogP contribution is -2.47. The SMILES string of the molecule is CCC(=O)N1CC[C@@](Cc2cccc(-c3ccc(F)cc3)c2)(C(=O)NC(C)C)C1. The molecular weight excluding hydrogens is 367 g/mol. The van der Waals surface area contributed by atoms with Gasteiger partial charge in [-0.15, -0.1) is 0 Å². The zero-order valence-electron chi connectivity index (χ0n) is 17.4. The summed E-state index contributed by atoms with van der Waals surface area (Å²) in [6, 6.07) is 14.5. The van der Waals surface area contributed by atoms with Crippen molar-refractivity contribution in [3.8, 4) is 11.1 Å². The maximum absolute atomic E-state index is 13.3. The number of likely N-dealkylation sites (tertiary alicyclic amines) is 1. The van der Waals surface area contributed by atoms with Gasteiger partial charge in [-0.2, -0.15) is 0 Å². The minimum absolute atomic E-state index is 0.00564. The average Bonchev–Trinajstić information content (AvgIpc) is 3.13. The highest BCUT2D eigenvalue weighted by Crippen LogP contribution is 2.36. The van der Waals surface area contributed by atoms with E-state index in [1.165, 1.54) is 12.1 Å². The van der Waals surface area contributed by atoms with Crippen molar-refractivity contribution in [2.75, 3.05) is 13.1 Å². The molecule has 0 bridgehead atoms. The highest BCUT2D eigenvalue weighted by Gasteiger charge is 2.45. The molecule has 0 spiro atoms. The summed E-state index contributed by atoms with van der Waals surface area (Å²) in [4.78, 5) is 27.2. The van der Waals surface area contributed by atoms with E-state index in [2.05, 4.69) is 11.4 Å². The Bertz CT molecular complexity index is 879. The maximum atomic E-state index is 13.3. The van der Waals surface area contributed by atoms with Gasteiger partial charge in [-0.1, -0.05) is 43.3 Å². The lowest BCUT2D eigenvalue weighted by Gasteiger charge is -2.29. The van der Waals surface area contributed by atoms with Gasteiger partial charge in [0.25, 0.3) is 0 Å². The van der Waals surface area contributed by atoms with Crippen LogP contribution in [-0.2, 0) is 16.0 Å². The number of carbonyl (C=O) groups is 2. The van der Waals surface area contributed by atoms with Gasteiger partial charge in [-0.25, -0.2) is 4.39 Å². The lowest BCUT2D eigenvalue weighted by atomic mass is 9.79. The van der Waals surface area contributed by atoms with Crippen molar-refractivity contribution in [3.05, 3.63) is 59.9 Å². The Labute approximate surface area is 172 Å². The van der Waals surface area contributed by atoms with E-state index in [4.69, 9.17) is 0 Å². The van der Waals surface area contributed by atoms with E-state index in [1.807, 2.05) is 43.9 Å². The molecule has 1 fully saturated rings. The summed E-state index contributed by atoms with van der Waals surface area (Å²) >= 11 is 0.